The van der Waals surface area contributed by atoms with Crippen LogP contribution in [0.2, 0.25) is 0 Å². The van der Waals surface area contributed by atoms with Gasteiger partial charge in [-0.25, -0.2) is 19.9 Å². The third-order valence-electron chi connectivity index (χ3n) is 4.53. The number of aliphatic imine (C=N–C) groups is 1. The number of pyridine rings is 2. The number of hydrogen-bond donors (Lipinski definition) is 3. The highest BCUT2D eigenvalue weighted by atomic mass is 16.3. The van der Waals surface area contributed by atoms with Crippen LogP contribution in [0.5, 0.6) is 0 Å². The number of benzene rings is 1. The Kier molecular flexibility index (Phi) is 5.19. The zero-order valence-electron chi connectivity index (χ0n) is 16.3. The summed E-state index contributed by atoms with van der Waals surface area (Å²) in [6, 6.07) is 14.8. The van der Waals surface area contributed by atoms with Crippen molar-refractivity contribution in [2.45, 2.75) is 13.5 Å². The summed E-state index contributed by atoms with van der Waals surface area (Å²) in [7, 11) is 0. The van der Waals surface area contributed by atoms with Crippen LogP contribution in [0, 0.1) is 0 Å². The summed E-state index contributed by atoms with van der Waals surface area (Å²) in [6.45, 7) is 1.71. The van der Waals surface area contributed by atoms with E-state index >= 15 is 0 Å². The number of rotatable bonds is 5. The second-order valence-corrected chi connectivity index (χ2v) is 6.57. The van der Waals surface area contributed by atoms with Crippen molar-refractivity contribution >= 4 is 34.7 Å². The van der Waals surface area contributed by atoms with E-state index in [0.29, 0.717) is 39.9 Å². The molecular weight excluding hydrogens is 380 g/mol. The van der Waals surface area contributed by atoms with Gasteiger partial charge < -0.3 is 16.7 Å². The van der Waals surface area contributed by atoms with E-state index in [-0.39, 0.29) is 6.61 Å². The normalized spacial score (nSPS) is 12.1. The van der Waals surface area contributed by atoms with Gasteiger partial charge in [0, 0.05) is 11.9 Å². The van der Waals surface area contributed by atoms with Gasteiger partial charge in [0.25, 0.3) is 0 Å². The minimum atomic E-state index is -0.0352. The Balaban J connectivity index is 1.96. The predicted octanol–water partition coefficient (Wildman–Crippen LogP) is 2.59. The maximum absolute atomic E-state index is 9.37. The molecule has 150 valence electrons. The first-order valence-electron chi connectivity index (χ1n) is 9.20. The number of aliphatic hydroxyl groups is 1. The van der Waals surface area contributed by atoms with Gasteiger partial charge in [-0.3, -0.25) is 4.57 Å². The monoisotopic (exact) mass is 400 g/mol. The smallest absolute Gasteiger partial charge is 0.167 e. The zero-order valence-corrected chi connectivity index (χ0v) is 16.3. The fraction of sp³-hybridized carbons (Fsp3) is 0.0952. The average molecular weight is 400 g/mol. The fourth-order valence-corrected chi connectivity index (χ4v) is 2.99. The van der Waals surface area contributed by atoms with E-state index < -0.39 is 0 Å². The summed E-state index contributed by atoms with van der Waals surface area (Å²) in [6.07, 6.45) is 3.18. The van der Waals surface area contributed by atoms with Gasteiger partial charge in [0.1, 0.15) is 11.3 Å². The molecule has 0 saturated heterocycles. The van der Waals surface area contributed by atoms with Crippen molar-refractivity contribution < 1.29 is 5.11 Å². The Morgan fingerprint density at radius 2 is 1.93 bits per heavy atom. The molecule has 0 bridgehead atoms. The van der Waals surface area contributed by atoms with Crippen LogP contribution in [0.4, 0.5) is 11.6 Å². The van der Waals surface area contributed by atoms with E-state index in [9.17, 15) is 5.11 Å². The van der Waals surface area contributed by atoms with Crippen molar-refractivity contribution in [1.82, 2.24) is 19.5 Å². The number of fused-ring (bicyclic) bond motifs is 1. The number of imidazole rings is 1. The number of hydrazone groups is 1. The molecule has 1 aromatic carbocycles. The summed E-state index contributed by atoms with van der Waals surface area (Å²) in [5.41, 5.74) is 10.3. The van der Waals surface area contributed by atoms with Crippen molar-refractivity contribution in [2.24, 2.45) is 15.9 Å². The second kappa shape index (κ2) is 8.10. The van der Waals surface area contributed by atoms with E-state index in [1.165, 1.54) is 0 Å². The lowest BCUT2D eigenvalue weighted by Crippen LogP contribution is -2.02. The molecule has 9 nitrogen and oxygen atoms in total. The Hall–Kier alpha value is -4.11. The molecule has 4 aromatic rings. The summed E-state index contributed by atoms with van der Waals surface area (Å²) < 4.78 is 1.90. The predicted molar refractivity (Wildman–Crippen MR) is 118 cm³/mol. The van der Waals surface area contributed by atoms with Crippen molar-refractivity contribution in [3.05, 3.63) is 60.3 Å². The zero-order chi connectivity index (χ0) is 21.1. The van der Waals surface area contributed by atoms with Gasteiger partial charge in [-0.2, -0.15) is 5.10 Å². The maximum Gasteiger partial charge on any atom is 0.167 e. The molecule has 0 amide bonds. The maximum atomic E-state index is 9.37. The quantitative estimate of drug-likeness (QED) is 0.267. The first kappa shape index (κ1) is 19.2. The highest BCUT2D eigenvalue weighted by Crippen LogP contribution is 2.31. The lowest BCUT2D eigenvalue weighted by atomic mass is 10.2. The van der Waals surface area contributed by atoms with Gasteiger partial charge >= 0.3 is 0 Å². The highest BCUT2D eigenvalue weighted by molar-refractivity contribution is 6.29. The Morgan fingerprint density at radius 1 is 1.13 bits per heavy atom. The molecule has 0 unspecified atom stereocenters. The molecule has 0 aliphatic rings. The van der Waals surface area contributed by atoms with Gasteiger partial charge in [0.15, 0.2) is 17.3 Å². The van der Waals surface area contributed by atoms with Gasteiger partial charge in [-0.15, -0.1) is 0 Å². The molecule has 0 aliphatic carbocycles. The molecule has 0 aliphatic heterocycles. The van der Waals surface area contributed by atoms with Gasteiger partial charge in [-0.05, 0) is 48.9 Å². The molecule has 3 heterocycles. The lowest BCUT2D eigenvalue weighted by molar-refractivity contribution is 0.282. The first-order valence-corrected chi connectivity index (χ1v) is 9.20. The van der Waals surface area contributed by atoms with Gasteiger partial charge in [-0.1, -0.05) is 12.1 Å². The van der Waals surface area contributed by atoms with Crippen molar-refractivity contribution in [3.63, 3.8) is 0 Å². The molecule has 3 aromatic heterocycles. The third-order valence-corrected chi connectivity index (χ3v) is 4.53. The minimum absolute atomic E-state index is 0.0352. The summed E-state index contributed by atoms with van der Waals surface area (Å²) in [5, 5.41) is 13.0. The molecule has 0 saturated carbocycles. The molecule has 0 radical (unpaired) electrons. The van der Waals surface area contributed by atoms with Crippen molar-refractivity contribution in [3.8, 4) is 17.1 Å². The molecule has 4 rings (SSSR count). The van der Waals surface area contributed by atoms with Crippen LogP contribution in [0.25, 0.3) is 28.2 Å². The molecule has 9 heteroatoms. The number of nitrogen functional groups attached to an aromatic ring is 1. The number of nitrogens with two attached hydrogens (primary N) is 2. The van der Waals surface area contributed by atoms with Crippen LogP contribution in [0.3, 0.4) is 0 Å². The summed E-state index contributed by atoms with van der Waals surface area (Å²) in [4.78, 5) is 17.9. The van der Waals surface area contributed by atoms with E-state index in [2.05, 4.69) is 20.1 Å². The average Bonchev–Trinajstić information content (AvgIpc) is 3.16. The van der Waals surface area contributed by atoms with E-state index in [1.807, 2.05) is 47.0 Å². The highest BCUT2D eigenvalue weighted by Gasteiger charge is 2.18. The van der Waals surface area contributed by atoms with Crippen LogP contribution < -0.4 is 11.6 Å². The Labute approximate surface area is 172 Å². The van der Waals surface area contributed by atoms with Crippen LogP contribution >= 0.6 is 0 Å². The summed E-state index contributed by atoms with van der Waals surface area (Å²) >= 11 is 0. The molecule has 0 atom stereocenters. The molecular formula is C21H20N8O. The number of hydrogen-bond acceptors (Lipinski definition) is 8. The first-order chi connectivity index (χ1) is 14.6. The van der Waals surface area contributed by atoms with Crippen molar-refractivity contribution in [1.29, 1.82) is 0 Å². The summed E-state index contributed by atoms with van der Waals surface area (Å²) in [5.74, 6) is 6.73. The topological polar surface area (TPSA) is 141 Å². The lowest BCUT2D eigenvalue weighted by Gasteiger charge is -2.10. The second-order valence-electron chi connectivity index (χ2n) is 6.57. The molecule has 30 heavy (non-hydrogen) atoms. The molecule has 0 fully saturated rings. The number of aliphatic hydroxyl groups excluding tert-OH is 1. The van der Waals surface area contributed by atoms with Crippen LogP contribution in [-0.2, 0) is 6.61 Å². The van der Waals surface area contributed by atoms with E-state index in [0.717, 1.165) is 11.3 Å². The van der Waals surface area contributed by atoms with Crippen LogP contribution in [0.15, 0.2) is 64.8 Å². The van der Waals surface area contributed by atoms with Crippen molar-refractivity contribution in [2.75, 3.05) is 5.73 Å². The Bertz CT molecular complexity index is 1260. The largest absolute Gasteiger partial charge is 0.392 e. The van der Waals surface area contributed by atoms with Crippen LogP contribution in [0.1, 0.15) is 12.5 Å². The third kappa shape index (κ3) is 3.61. The SMILES string of the molecule is CC(C=Nc1ccc2nc(-c3cccnc3N)n(-c3ccc(CO)cc3)c2n1)=NN. The Morgan fingerprint density at radius 3 is 2.63 bits per heavy atom. The fourth-order valence-electron chi connectivity index (χ4n) is 2.99. The number of anilines is 1. The van der Waals surface area contributed by atoms with E-state index in [1.54, 1.807) is 25.4 Å². The number of aromatic nitrogens is 4. The molecule has 0 spiro atoms. The molecule has 5 N–H and O–H groups in total. The minimum Gasteiger partial charge on any atom is -0.392 e. The standard InChI is InChI=1S/C21H20N8O/c1-13(28-23)11-25-18-9-8-17-21(27-18)29(15-6-4-14(12-30)5-7-15)20(26-17)16-3-2-10-24-19(16)22/h2-11,30H,12,23H2,1H3,(H2,22,24). The van der Waals surface area contributed by atoms with Gasteiger partial charge in [0.2, 0.25) is 0 Å². The van der Waals surface area contributed by atoms with Crippen LogP contribution in [-0.4, -0.2) is 36.6 Å². The van der Waals surface area contributed by atoms with E-state index in [4.69, 9.17) is 16.6 Å². The van der Waals surface area contributed by atoms with Gasteiger partial charge in [0.05, 0.1) is 24.1 Å². The number of nitrogens with zero attached hydrogens (tertiary/aromatic N) is 6.